The zero-order valence-electron chi connectivity index (χ0n) is 20.0. The smallest absolute Gasteiger partial charge is 0.361 e. The first-order valence-electron chi connectivity index (χ1n) is 11.7. The van der Waals surface area contributed by atoms with Gasteiger partial charge in [-0.3, -0.25) is 19.5 Å². The van der Waals surface area contributed by atoms with Gasteiger partial charge < -0.3 is 9.64 Å². The molecule has 2 aliphatic heterocycles. The molecule has 0 bridgehead atoms. The number of carbonyl (C=O) groups is 3. The van der Waals surface area contributed by atoms with E-state index in [1.807, 2.05) is 0 Å². The largest absolute Gasteiger partial charge is 0.435 e. The number of amides is 4. The van der Waals surface area contributed by atoms with E-state index in [0.717, 1.165) is 35.1 Å². The molecule has 0 aromatic carbocycles. The van der Waals surface area contributed by atoms with Crippen LogP contribution in [0.25, 0.3) is 10.9 Å². The van der Waals surface area contributed by atoms with Crippen LogP contribution in [0.3, 0.4) is 0 Å². The monoisotopic (exact) mass is 488 g/mol. The lowest BCUT2D eigenvalue weighted by Gasteiger charge is -2.34. The average molecular weight is 489 g/mol. The van der Waals surface area contributed by atoms with Crippen LogP contribution in [0.15, 0.2) is 18.6 Å². The van der Waals surface area contributed by atoms with Crippen molar-refractivity contribution in [2.75, 3.05) is 37.9 Å². The summed E-state index contributed by atoms with van der Waals surface area (Å²) in [5.74, 6) is -0.263. The Morgan fingerprint density at radius 3 is 2.56 bits per heavy atom. The van der Waals surface area contributed by atoms with Gasteiger partial charge in [-0.05, 0) is 25.3 Å². The number of imide groups is 1. The number of likely N-dealkylation sites (tertiary alicyclic amines) is 1. The molecule has 2 aromatic heterocycles. The van der Waals surface area contributed by atoms with E-state index >= 15 is 0 Å². The molecular formula is C22H32N6O5Si. The van der Waals surface area contributed by atoms with Crippen molar-refractivity contribution < 1.29 is 24.0 Å². The third kappa shape index (κ3) is 5.38. The number of hydrogen-bond acceptors (Lipinski definition) is 7. The van der Waals surface area contributed by atoms with Gasteiger partial charge in [0.1, 0.15) is 12.2 Å². The molecular weight excluding hydrogens is 456 g/mol. The predicted octanol–water partition coefficient (Wildman–Crippen LogP) is 2.94. The quantitative estimate of drug-likeness (QED) is 0.435. The van der Waals surface area contributed by atoms with Gasteiger partial charge in [-0.2, -0.15) is 0 Å². The molecule has 0 aliphatic carbocycles. The Balaban J connectivity index is 1.48. The lowest BCUT2D eigenvalue weighted by Crippen LogP contribution is -2.53. The van der Waals surface area contributed by atoms with Crippen molar-refractivity contribution in [2.45, 2.75) is 51.4 Å². The van der Waals surface area contributed by atoms with Crippen LogP contribution in [-0.2, 0) is 9.53 Å². The summed E-state index contributed by atoms with van der Waals surface area (Å²) in [6.07, 6.45) is 7.35. The maximum Gasteiger partial charge on any atom is 0.435 e. The number of aromatic nitrogens is 3. The summed E-state index contributed by atoms with van der Waals surface area (Å²) in [4.78, 5) is 53.3. The van der Waals surface area contributed by atoms with Crippen LogP contribution in [0.2, 0.25) is 25.7 Å². The Bertz CT molecular complexity index is 1060. The molecule has 2 fully saturated rings. The molecule has 0 atom stereocenters. The minimum Gasteiger partial charge on any atom is -0.361 e. The molecule has 2 saturated heterocycles. The zero-order chi connectivity index (χ0) is 24.3. The Morgan fingerprint density at radius 1 is 1.06 bits per heavy atom. The molecule has 11 nitrogen and oxygen atoms in total. The third-order valence-electron chi connectivity index (χ3n) is 6.04. The topological polar surface area (TPSA) is 110 Å². The third-order valence-corrected chi connectivity index (χ3v) is 7.75. The summed E-state index contributed by atoms with van der Waals surface area (Å²) in [5, 5.41) is 4.80. The molecule has 0 radical (unpaired) electrons. The Morgan fingerprint density at radius 2 is 1.82 bits per heavy atom. The molecule has 4 heterocycles. The summed E-state index contributed by atoms with van der Waals surface area (Å²) in [7, 11) is -1.28. The van der Waals surface area contributed by atoms with Gasteiger partial charge in [-0.15, -0.1) is 5.10 Å². The average Bonchev–Trinajstić information content (AvgIpc) is 3.21. The van der Waals surface area contributed by atoms with Gasteiger partial charge in [0.15, 0.2) is 0 Å². The highest BCUT2D eigenvalue weighted by atomic mass is 28.3. The fourth-order valence-corrected chi connectivity index (χ4v) is 4.73. The minimum atomic E-state index is -1.28. The molecule has 4 amide bonds. The van der Waals surface area contributed by atoms with Gasteiger partial charge in [0, 0.05) is 40.7 Å². The van der Waals surface area contributed by atoms with E-state index in [2.05, 4.69) is 29.7 Å². The second-order valence-electron chi connectivity index (χ2n) is 9.87. The van der Waals surface area contributed by atoms with E-state index in [-0.39, 0.29) is 25.6 Å². The molecule has 0 N–H and O–H groups in total. The number of hydrogen-bond donors (Lipinski definition) is 0. The van der Waals surface area contributed by atoms with Gasteiger partial charge in [-0.1, -0.05) is 24.5 Å². The second-order valence-corrected chi connectivity index (χ2v) is 15.5. The van der Waals surface area contributed by atoms with Crippen LogP contribution in [0.5, 0.6) is 0 Å². The standard InChI is InChI=1S/C22H32N6O5Si/c1-34(2,3)12-11-32-16-27-20(29)7-10-26(21(27)30)18-14-23-15-19-17(18)13-24-28(19)33-22(31)25-8-5-4-6-9-25/h13-15H,4-12,16H2,1-3H3. The van der Waals surface area contributed by atoms with Crippen molar-refractivity contribution in [1.29, 1.82) is 0 Å². The summed E-state index contributed by atoms with van der Waals surface area (Å²) < 4.78 is 5.67. The Labute approximate surface area is 199 Å². The molecule has 0 unspecified atom stereocenters. The van der Waals surface area contributed by atoms with Crippen molar-refractivity contribution >= 4 is 42.7 Å². The molecule has 0 spiro atoms. The van der Waals surface area contributed by atoms with Gasteiger partial charge in [-0.25, -0.2) is 14.5 Å². The first kappa shape index (κ1) is 24.1. The van der Waals surface area contributed by atoms with E-state index in [1.54, 1.807) is 11.1 Å². The van der Waals surface area contributed by atoms with Crippen LogP contribution in [0.4, 0.5) is 15.3 Å². The number of rotatable bonds is 7. The van der Waals surface area contributed by atoms with Crippen LogP contribution >= 0.6 is 0 Å². The zero-order valence-corrected chi connectivity index (χ0v) is 21.0. The van der Waals surface area contributed by atoms with Gasteiger partial charge >= 0.3 is 12.1 Å². The lowest BCUT2D eigenvalue weighted by molar-refractivity contribution is -0.133. The number of nitrogens with zero attached hydrogens (tertiary/aromatic N) is 6. The first-order valence-corrected chi connectivity index (χ1v) is 15.4. The normalized spacial score (nSPS) is 17.6. The van der Waals surface area contributed by atoms with Crippen LogP contribution in [-0.4, -0.2) is 83.8 Å². The molecule has 2 aromatic rings. The van der Waals surface area contributed by atoms with Gasteiger partial charge in [0.25, 0.3) is 0 Å². The van der Waals surface area contributed by atoms with Gasteiger partial charge in [0.2, 0.25) is 5.91 Å². The SMILES string of the molecule is C[Si](C)(C)CCOCN1C(=O)CCN(c2cncc3c2cnn3OC(=O)N2CCCCC2)C1=O. The number of anilines is 1. The van der Waals surface area contributed by atoms with E-state index in [1.165, 1.54) is 17.3 Å². The lowest BCUT2D eigenvalue weighted by atomic mass is 10.1. The van der Waals surface area contributed by atoms with E-state index in [4.69, 9.17) is 9.57 Å². The molecule has 184 valence electrons. The van der Waals surface area contributed by atoms with Crippen molar-refractivity contribution in [3.63, 3.8) is 0 Å². The Kier molecular flexibility index (Phi) is 7.17. The molecule has 34 heavy (non-hydrogen) atoms. The van der Waals surface area contributed by atoms with Crippen molar-refractivity contribution in [3.8, 4) is 0 Å². The van der Waals surface area contributed by atoms with E-state index in [9.17, 15) is 14.4 Å². The Hall–Kier alpha value is -2.99. The highest BCUT2D eigenvalue weighted by Crippen LogP contribution is 2.28. The predicted molar refractivity (Wildman–Crippen MR) is 128 cm³/mol. The van der Waals surface area contributed by atoms with Crippen molar-refractivity contribution in [2.24, 2.45) is 0 Å². The number of pyridine rings is 1. The number of ether oxygens (including phenoxy) is 1. The summed E-state index contributed by atoms with van der Waals surface area (Å²) in [6, 6.07) is 0.488. The van der Waals surface area contributed by atoms with E-state index < -0.39 is 20.2 Å². The minimum absolute atomic E-state index is 0.0746. The molecule has 2 aliphatic rings. The molecule has 12 heteroatoms. The molecule has 0 saturated carbocycles. The van der Waals surface area contributed by atoms with Crippen LogP contribution < -0.4 is 9.74 Å². The summed E-state index contributed by atoms with van der Waals surface area (Å²) >= 11 is 0. The van der Waals surface area contributed by atoms with Gasteiger partial charge in [0.05, 0.1) is 29.7 Å². The molecule has 4 rings (SSSR count). The number of piperidine rings is 1. The number of carbonyl (C=O) groups excluding carboxylic acids is 3. The highest BCUT2D eigenvalue weighted by Gasteiger charge is 2.34. The van der Waals surface area contributed by atoms with Crippen molar-refractivity contribution in [3.05, 3.63) is 18.6 Å². The fraction of sp³-hybridized carbons (Fsp3) is 0.591. The maximum atomic E-state index is 13.2. The van der Waals surface area contributed by atoms with Crippen molar-refractivity contribution in [1.82, 2.24) is 24.7 Å². The summed E-state index contributed by atoms with van der Waals surface area (Å²) in [6.45, 7) is 8.71. The first-order chi connectivity index (χ1) is 16.2. The highest BCUT2D eigenvalue weighted by molar-refractivity contribution is 6.76. The maximum absolute atomic E-state index is 13.2. The number of urea groups is 1. The summed E-state index contributed by atoms with van der Waals surface area (Å²) in [5.41, 5.74) is 0.966. The van der Waals surface area contributed by atoms with Crippen LogP contribution in [0, 0.1) is 0 Å². The van der Waals surface area contributed by atoms with Crippen LogP contribution in [0.1, 0.15) is 25.7 Å². The second kappa shape index (κ2) is 10.1. The fourth-order valence-electron chi connectivity index (χ4n) is 3.98. The van der Waals surface area contributed by atoms with E-state index in [0.29, 0.717) is 36.3 Å². The number of fused-ring (bicyclic) bond motifs is 1.